The molecule has 6 heteroatoms. The maximum atomic E-state index is 12.2. The van der Waals surface area contributed by atoms with E-state index in [9.17, 15) is 20.0 Å². The first kappa shape index (κ1) is 14.5. The van der Waals surface area contributed by atoms with Crippen LogP contribution in [0.5, 0.6) is 0 Å². The maximum absolute atomic E-state index is 12.2. The van der Waals surface area contributed by atoms with E-state index in [0.717, 1.165) is 12.8 Å². The van der Waals surface area contributed by atoms with Crippen molar-refractivity contribution in [3.63, 3.8) is 0 Å². The summed E-state index contributed by atoms with van der Waals surface area (Å²) in [5.41, 5.74) is 0.954. The van der Waals surface area contributed by atoms with Crippen molar-refractivity contribution in [1.29, 1.82) is 0 Å². The number of hydrogen-bond acceptors (Lipinski definition) is 4. The molecule has 0 heterocycles. The van der Waals surface area contributed by atoms with Gasteiger partial charge in [-0.15, -0.1) is 0 Å². The third-order valence-corrected chi connectivity index (χ3v) is 3.73. The van der Waals surface area contributed by atoms with Gasteiger partial charge in [-0.2, -0.15) is 0 Å². The van der Waals surface area contributed by atoms with Gasteiger partial charge in [0.1, 0.15) is 0 Å². The number of nitrogens with zero attached hydrogens (tertiary/aromatic N) is 2. The van der Waals surface area contributed by atoms with Crippen LogP contribution in [0.2, 0.25) is 0 Å². The van der Waals surface area contributed by atoms with Crippen molar-refractivity contribution in [2.75, 3.05) is 13.6 Å². The molecule has 2 rings (SSSR count). The fourth-order valence-corrected chi connectivity index (χ4v) is 2.53. The second-order valence-electron chi connectivity index (χ2n) is 5.44. The van der Waals surface area contributed by atoms with Gasteiger partial charge in [-0.3, -0.25) is 14.9 Å². The summed E-state index contributed by atoms with van der Waals surface area (Å²) >= 11 is 0. The second-order valence-corrected chi connectivity index (χ2v) is 5.44. The summed E-state index contributed by atoms with van der Waals surface area (Å²) in [6, 6.07) is 4.40. The number of amides is 1. The number of aliphatic hydroxyl groups is 1. The monoisotopic (exact) mass is 278 g/mol. The molecule has 0 atom stereocenters. The summed E-state index contributed by atoms with van der Waals surface area (Å²) in [7, 11) is 1.71. The summed E-state index contributed by atoms with van der Waals surface area (Å²) < 4.78 is 0. The predicted molar refractivity (Wildman–Crippen MR) is 73.5 cm³/mol. The standard InChI is InChI=1S/C14H18N2O4/c1-9-5-11(3-4-13(9)16(19)20)14(18)15(2)8-10-6-12(17)7-10/h3-5,10,12,17H,6-8H2,1-2H3. The van der Waals surface area contributed by atoms with Crippen LogP contribution in [0.15, 0.2) is 18.2 Å². The first-order valence-corrected chi connectivity index (χ1v) is 6.57. The van der Waals surface area contributed by atoms with Crippen molar-refractivity contribution >= 4 is 11.6 Å². The van der Waals surface area contributed by atoms with Gasteiger partial charge < -0.3 is 10.0 Å². The second kappa shape index (κ2) is 5.58. The molecule has 0 saturated heterocycles. The molecule has 1 aliphatic carbocycles. The van der Waals surface area contributed by atoms with E-state index >= 15 is 0 Å². The molecule has 1 amide bonds. The van der Waals surface area contributed by atoms with Gasteiger partial charge >= 0.3 is 0 Å². The third kappa shape index (κ3) is 2.96. The van der Waals surface area contributed by atoms with Crippen LogP contribution in [-0.4, -0.2) is 40.5 Å². The Bertz CT molecular complexity index is 538. The highest BCUT2D eigenvalue weighted by Crippen LogP contribution is 2.28. The van der Waals surface area contributed by atoms with Gasteiger partial charge in [-0.1, -0.05) is 0 Å². The normalized spacial score (nSPS) is 21.1. The lowest BCUT2D eigenvalue weighted by molar-refractivity contribution is -0.385. The Kier molecular flexibility index (Phi) is 4.04. The number of carbonyl (C=O) groups excluding carboxylic acids is 1. The summed E-state index contributed by atoms with van der Waals surface area (Å²) in [5.74, 6) is 0.197. The number of carbonyl (C=O) groups is 1. The minimum atomic E-state index is -0.455. The molecule has 0 radical (unpaired) electrons. The molecular formula is C14H18N2O4. The molecule has 108 valence electrons. The van der Waals surface area contributed by atoms with Crippen LogP contribution >= 0.6 is 0 Å². The average Bonchev–Trinajstić information content (AvgIpc) is 2.35. The smallest absolute Gasteiger partial charge is 0.272 e. The van der Waals surface area contributed by atoms with Crippen LogP contribution in [0.25, 0.3) is 0 Å². The largest absolute Gasteiger partial charge is 0.393 e. The molecule has 1 saturated carbocycles. The number of nitro groups is 1. The number of hydrogen-bond donors (Lipinski definition) is 1. The lowest BCUT2D eigenvalue weighted by Crippen LogP contribution is -2.39. The Labute approximate surface area is 117 Å². The first-order valence-electron chi connectivity index (χ1n) is 6.57. The van der Waals surface area contributed by atoms with Crippen LogP contribution in [-0.2, 0) is 0 Å². The van der Waals surface area contributed by atoms with E-state index < -0.39 is 4.92 Å². The minimum Gasteiger partial charge on any atom is -0.393 e. The van der Waals surface area contributed by atoms with E-state index in [-0.39, 0.29) is 17.7 Å². The molecule has 0 aliphatic heterocycles. The molecule has 1 fully saturated rings. The minimum absolute atomic E-state index is 0.0197. The topological polar surface area (TPSA) is 83.7 Å². The molecule has 0 unspecified atom stereocenters. The highest BCUT2D eigenvalue weighted by Gasteiger charge is 2.29. The lowest BCUT2D eigenvalue weighted by Gasteiger charge is -2.34. The Hall–Kier alpha value is -1.95. The molecule has 6 nitrogen and oxygen atoms in total. The van der Waals surface area contributed by atoms with Crippen LogP contribution in [0.4, 0.5) is 5.69 Å². The van der Waals surface area contributed by atoms with Crippen molar-refractivity contribution in [3.8, 4) is 0 Å². The van der Waals surface area contributed by atoms with Crippen LogP contribution in [0, 0.1) is 23.0 Å². The summed E-state index contributed by atoms with van der Waals surface area (Å²) in [4.78, 5) is 24.1. The zero-order chi connectivity index (χ0) is 14.9. The van der Waals surface area contributed by atoms with E-state index in [2.05, 4.69) is 0 Å². The molecule has 1 aliphatic rings. The average molecular weight is 278 g/mol. The van der Waals surface area contributed by atoms with E-state index in [1.165, 1.54) is 12.1 Å². The highest BCUT2D eigenvalue weighted by atomic mass is 16.6. The number of benzene rings is 1. The van der Waals surface area contributed by atoms with Gasteiger partial charge in [-0.25, -0.2) is 0 Å². The van der Waals surface area contributed by atoms with Crippen molar-refractivity contribution < 1.29 is 14.8 Å². The van der Waals surface area contributed by atoms with Crippen LogP contribution in [0.3, 0.4) is 0 Å². The number of nitro benzene ring substituents is 1. The predicted octanol–water partition coefficient (Wildman–Crippen LogP) is 1.75. The molecule has 0 bridgehead atoms. The van der Waals surface area contributed by atoms with Crippen molar-refractivity contribution in [1.82, 2.24) is 4.90 Å². The molecule has 0 aromatic heterocycles. The number of aliphatic hydroxyl groups excluding tert-OH is 1. The van der Waals surface area contributed by atoms with E-state index in [1.54, 1.807) is 24.9 Å². The zero-order valence-corrected chi connectivity index (χ0v) is 11.6. The molecular weight excluding hydrogens is 260 g/mol. The number of rotatable bonds is 4. The van der Waals surface area contributed by atoms with Crippen molar-refractivity contribution in [2.24, 2.45) is 5.92 Å². The third-order valence-electron chi connectivity index (χ3n) is 3.73. The SMILES string of the molecule is Cc1cc(C(=O)N(C)CC2CC(O)C2)ccc1[N+](=O)[O-]. The van der Waals surface area contributed by atoms with Gasteiger partial charge in [0.05, 0.1) is 11.0 Å². The van der Waals surface area contributed by atoms with Crippen LogP contribution in [0.1, 0.15) is 28.8 Å². The Morgan fingerprint density at radius 3 is 2.65 bits per heavy atom. The fourth-order valence-electron chi connectivity index (χ4n) is 2.53. The first-order chi connectivity index (χ1) is 9.38. The highest BCUT2D eigenvalue weighted by molar-refractivity contribution is 5.94. The summed E-state index contributed by atoms with van der Waals surface area (Å²) in [5, 5.41) is 20.0. The fraction of sp³-hybridized carbons (Fsp3) is 0.500. The summed E-state index contributed by atoms with van der Waals surface area (Å²) in [6.45, 7) is 2.23. The Morgan fingerprint density at radius 1 is 1.50 bits per heavy atom. The molecule has 1 N–H and O–H groups in total. The van der Waals surface area contributed by atoms with E-state index in [0.29, 0.717) is 23.6 Å². The quantitative estimate of drug-likeness (QED) is 0.671. The van der Waals surface area contributed by atoms with Crippen molar-refractivity contribution in [3.05, 3.63) is 39.4 Å². The summed E-state index contributed by atoms with van der Waals surface area (Å²) in [6.07, 6.45) is 1.23. The van der Waals surface area contributed by atoms with E-state index in [1.807, 2.05) is 0 Å². The van der Waals surface area contributed by atoms with Gasteiger partial charge in [0, 0.05) is 30.8 Å². The number of aryl methyl sites for hydroxylation is 1. The maximum Gasteiger partial charge on any atom is 0.272 e. The molecule has 0 spiro atoms. The molecule has 1 aromatic carbocycles. The van der Waals surface area contributed by atoms with E-state index in [4.69, 9.17) is 0 Å². The molecule has 1 aromatic rings. The Balaban J connectivity index is 2.05. The zero-order valence-electron chi connectivity index (χ0n) is 11.6. The van der Waals surface area contributed by atoms with Crippen molar-refractivity contribution in [2.45, 2.75) is 25.9 Å². The van der Waals surface area contributed by atoms with Gasteiger partial charge in [0.25, 0.3) is 11.6 Å². The van der Waals surface area contributed by atoms with Gasteiger partial charge in [-0.05, 0) is 37.8 Å². The van der Waals surface area contributed by atoms with Crippen LogP contribution < -0.4 is 0 Å². The molecule has 20 heavy (non-hydrogen) atoms. The van der Waals surface area contributed by atoms with Gasteiger partial charge in [0.2, 0.25) is 0 Å². The Morgan fingerprint density at radius 2 is 2.15 bits per heavy atom. The van der Waals surface area contributed by atoms with Gasteiger partial charge in [0.15, 0.2) is 0 Å². The lowest BCUT2D eigenvalue weighted by atomic mass is 9.82.